The minimum atomic E-state index is 0.239. The first kappa shape index (κ1) is 16.8. The van der Waals surface area contributed by atoms with E-state index in [1.807, 2.05) is 23.1 Å². The number of nitrogens with one attached hydrogen (secondary N) is 1. The molecule has 27 heavy (non-hydrogen) atoms. The van der Waals surface area contributed by atoms with Gasteiger partial charge in [0, 0.05) is 29.3 Å². The van der Waals surface area contributed by atoms with Crippen LogP contribution in [0.2, 0.25) is 10.0 Å². The normalized spacial score (nSPS) is 17.6. The minimum absolute atomic E-state index is 0.239. The molecule has 1 aliphatic heterocycles. The number of rotatable bonds is 3. The highest BCUT2D eigenvalue weighted by molar-refractivity contribution is 6.45. The summed E-state index contributed by atoms with van der Waals surface area (Å²) in [6.45, 7) is 1.49. The Balaban J connectivity index is 1.69. The van der Waals surface area contributed by atoms with Crippen LogP contribution < -0.4 is 0 Å². The van der Waals surface area contributed by atoms with Crippen molar-refractivity contribution < 1.29 is 9.15 Å². The molecule has 0 amide bonds. The lowest BCUT2D eigenvalue weighted by atomic mass is 10.0. The van der Waals surface area contributed by atoms with E-state index < -0.39 is 0 Å². The van der Waals surface area contributed by atoms with E-state index >= 15 is 0 Å². The van der Waals surface area contributed by atoms with Gasteiger partial charge in [0.15, 0.2) is 0 Å². The Kier molecular flexibility index (Phi) is 4.15. The SMILES string of the molecule is Clc1ccc2c(-c3cnn(C4CCCOC4)c3)c(-c3nnco3)[nH]c2c1Cl. The molecule has 0 aliphatic carbocycles. The van der Waals surface area contributed by atoms with Gasteiger partial charge in [0.25, 0.3) is 5.89 Å². The van der Waals surface area contributed by atoms with E-state index in [9.17, 15) is 0 Å². The van der Waals surface area contributed by atoms with Crippen LogP contribution in [0.4, 0.5) is 0 Å². The van der Waals surface area contributed by atoms with Crippen molar-refractivity contribution in [3.63, 3.8) is 0 Å². The molecule has 1 aromatic carbocycles. The second kappa shape index (κ2) is 6.67. The number of hydrogen-bond donors (Lipinski definition) is 1. The molecule has 9 heteroatoms. The summed E-state index contributed by atoms with van der Waals surface area (Å²) in [7, 11) is 0. The maximum Gasteiger partial charge on any atom is 0.264 e. The largest absolute Gasteiger partial charge is 0.422 e. The lowest BCUT2D eigenvalue weighted by molar-refractivity contribution is 0.0549. The molecule has 0 bridgehead atoms. The number of benzene rings is 1. The first-order valence-corrected chi connectivity index (χ1v) is 9.36. The molecular formula is C18H15Cl2N5O2. The number of halogens is 2. The lowest BCUT2D eigenvalue weighted by Gasteiger charge is -2.22. The van der Waals surface area contributed by atoms with E-state index in [-0.39, 0.29) is 6.04 Å². The van der Waals surface area contributed by atoms with Gasteiger partial charge in [0.1, 0.15) is 5.69 Å². The molecule has 138 valence electrons. The van der Waals surface area contributed by atoms with Gasteiger partial charge in [0.2, 0.25) is 6.39 Å². The first-order chi connectivity index (χ1) is 13.2. The standard InChI is InChI=1S/C18H15Cl2N5O2/c19-13-4-3-12-14(10-6-22-25(7-10)11-2-1-5-26-8-11)17(18-24-21-9-27-18)23-16(12)15(13)20/h3-4,6-7,9,11,23H,1-2,5,8H2. The number of aromatic amines is 1. The molecule has 0 radical (unpaired) electrons. The summed E-state index contributed by atoms with van der Waals surface area (Å²) in [6.07, 6.45) is 7.23. The predicted octanol–water partition coefficient (Wildman–Crippen LogP) is 4.74. The molecule has 3 aromatic heterocycles. The Bertz CT molecular complexity index is 1100. The van der Waals surface area contributed by atoms with E-state index in [1.165, 1.54) is 6.39 Å². The van der Waals surface area contributed by atoms with Crippen molar-refractivity contribution in [2.24, 2.45) is 0 Å². The Morgan fingerprint density at radius 1 is 1.26 bits per heavy atom. The monoisotopic (exact) mass is 403 g/mol. The van der Waals surface area contributed by atoms with Crippen LogP contribution in [-0.2, 0) is 4.74 Å². The van der Waals surface area contributed by atoms with Crippen molar-refractivity contribution in [2.45, 2.75) is 18.9 Å². The lowest BCUT2D eigenvalue weighted by Crippen LogP contribution is -2.21. The molecule has 1 atom stereocenters. The van der Waals surface area contributed by atoms with Crippen molar-refractivity contribution in [1.29, 1.82) is 0 Å². The summed E-state index contributed by atoms with van der Waals surface area (Å²) >= 11 is 12.6. The predicted molar refractivity (Wildman–Crippen MR) is 102 cm³/mol. The summed E-state index contributed by atoms with van der Waals surface area (Å²) < 4.78 is 13.0. The smallest absolute Gasteiger partial charge is 0.264 e. The zero-order valence-corrected chi connectivity index (χ0v) is 15.7. The molecule has 0 spiro atoms. The molecule has 1 fully saturated rings. The first-order valence-electron chi connectivity index (χ1n) is 8.61. The number of nitrogens with zero attached hydrogens (tertiary/aromatic N) is 4. The number of ether oxygens (including phenoxy) is 1. The van der Waals surface area contributed by atoms with Crippen LogP contribution in [0.15, 0.2) is 35.3 Å². The third kappa shape index (κ3) is 2.82. The number of fused-ring (bicyclic) bond motifs is 1. The fourth-order valence-electron chi connectivity index (χ4n) is 3.54. The molecule has 4 aromatic rings. The van der Waals surface area contributed by atoms with Crippen molar-refractivity contribution in [1.82, 2.24) is 25.0 Å². The van der Waals surface area contributed by atoms with Crippen LogP contribution in [-0.4, -0.2) is 38.2 Å². The minimum Gasteiger partial charge on any atom is -0.422 e. The Morgan fingerprint density at radius 2 is 2.19 bits per heavy atom. The summed E-state index contributed by atoms with van der Waals surface area (Å²) in [4.78, 5) is 3.29. The van der Waals surface area contributed by atoms with Crippen molar-refractivity contribution in [3.8, 4) is 22.7 Å². The van der Waals surface area contributed by atoms with Crippen molar-refractivity contribution in [3.05, 3.63) is 41.0 Å². The average molecular weight is 404 g/mol. The van der Waals surface area contributed by atoms with Gasteiger partial charge in [-0.1, -0.05) is 29.3 Å². The zero-order chi connectivity index (χ0) is 18.4. The molecular weight excluding hydrogens is 389 g/mol. The van der Waals surface area contributed by atoms with Crippen molar-refractivity contribution >= 4 is 34.1 Å². The fraction of sp³-hybridized carbons (Fsp3) is 0.278. The van der Waals surface area contributed by atoms with Gasteiger partial charge < -0.3 is 14.1 Å². The molecule has 1 aliphatic rings. The molecule has 1 N–H and O–H groups in total. The highest BCUT2D eigenvalue weighted by Gasteiger charge is 2.23. The third-order valence-corrected chi connectivity index (χ3v) is 5.64. The maximum atomic E-state index is 6.42. The summed E-state index contributed by atoms with van der Waals surface area (Å²) in [5.41, 5.74) is 3.24. The van der Waals surface area contributed by atoms with Gasteiger partial charge in [0.05, 0.1) is 34.4 Å². The molecule has 4 heterocycles. The topological polar surface area (TPSA) is 81.8 Å². The fourth-order valence-corrected chi connectivity index (χ4v) is 3.91. The van der Waals surface area contributed by atoms with Gasteiger partial charge in [-0.25, -0.2) is 0 Å². The van der Waals surface area contributed by atoms with E-state index in [0.29, 0.717) is 28.2 Å². The highest BCUT2D eigenvalue weighted by Crippen LogP contribution is 2.42. The highest BCUT2D eigenvalue weighted by atomic mass is 35.5. The summed E-state index contributed by atoms with van der Waals surface area (Å²) in [5.74, 6) is 0.377. The average Bonchev–Trinajstić information content (AvgIpc) is 3.44. The van der Waals surface area contributed by atoms with Gasteiger partial charge in [-0.15, -0.1) is 10.2 Å². The Morgan fingerprint density at radius 3 is 2.96 bits per heavy atom. The second-order valence-electron chi connectivity index (χ2n) is 6.48. The quantitative estimate of drug-likeness (QED) is 0.534. The van der Waals surface area contributed by atoms with Gasteiger partial charge in [-0.2, -0.15) is 5.10 Å². The molecule has 1 unspecified atom stereocenters. The van der Waals surface area contributed by atoms with Crippen LogP contribution in [0, 0.1) is 0 Å². The van der Waals surface area contributed by atoms with E-state index in [2.05, 4.69) is 20.3 Å². The summed E-state index contributed by atoms with van der Waals surface area (Å²) in [6, 6.07) is 3.94. The maximum absolute atomic E-state index is 6.42. The van der Waals surface area contributed by atoms with Crippen molar-refractivity contribution in [2.75, 3.05) is 13.2 Å². The second-order valence-corrected chi connectivity index (χ2v) is 7.27. The van der Waals surface area contributed by atoms with E-state index in [1.54, 1.807) is 6.07 Å². The molecule has 5 rings (SSSR count). The molecule has 1 saturated heterocycles. The van der Waals surface area contributed by atoms with Crippen LogP contribution >= 0.6 is 23.2 Å². The van der Waals surface area contributed by atoms with Gasteiger partial charge in [-0.05, 0) is 18.9 Å². The van der Waals surface area contributed by atoms with Crippen LogP contribution in [0.25, 0.3) is 33.6 Å². The number of aromatic nitrogens is 5. The van der Waals surface area contributed by atoms with Crippen LogP contribution in [0.1, 0.15) is 18.9 Å². The molecule has 0 saturated carbocycles. The van der Waals surface area contributed by atoms with E-state index in [4.69, 9.17) is 32.4 Å². The Hall–Kier alpha value is -2.35. The number of hydrogen-bond acceptors (Lipinski definition) is 5. The molecule has 7 nitrogen and oxygen atoms in total. The van der Waals surface area contributed by atoms with Gasteiger partial charge >= 0.3 is 0 Å². The number of H-pyrrole nitrogens is 1. The van der Waals surface area contributed by atoms with Crippen LogP contribution in [0.3, 0.4) is 0 Å². The summed E-state index contributed by atoms with van der Waals surface area (Å²) in [5, 5.41) is 14.2. The van der Waals surface area contributed by atoms with Crippen LogP contribution in [0.5, 0.6) is 0 Å². The Labute approximate surface area is 164 Å². The van der Waals surface area contributed by atoms with Gasteiger partial charge in [-0.3, -0.25) is 4.68 Å². The third-order valence-electron chi connectivity index (χ3n) is 4.84. The zero-order valence-electron chi connectivity index (χ0n) is 14.2. The van der Waals surface area contributed by atoms with E-state index in [0.717, 1.165) is 41.5 Å².